The Morgan fingerprint density at radius 3 is 1.09 bits per heavy atom. The molecule has 0 saturated heterocycles. The van der Waals surface area contributed by atoms with Gasteiger partial charge in [-0.2, -0.15) is 0 Å². The summed E-state index contributed by atoms with van der Waals surface area (Å²) in [5.74, 6) is -5.42. The molecule has 0 aliphatic heterocycles. The van der Waals surface area contributed by atoms with Gasteiger partial charge in [-0.05, 0) is 12.8 Å². The third-order valence-corrected chi connectivity index (χ3v) is 5.26. The van der Waals surface area contributed by atoms with Crippen LogP contribution in [0, 0.1) is 11.8 Å². The van der Waals surface area contributed by atoms with Crippen LogP contribution >= 0.6 is 0 Å². The molecule has 0 rings (SSSR count). The van der Waals surface area contributed by atoms with Gasteiger partial charge in [0.1, 0.15) is 0 Å². The third kappa shape index (κ3) is 17.5. The van der Waals surface area contributed by atoms with E-state index in [-0.39, 0.29) is 0 Å². The zero-order valence-corrected chi connectivity index (χ0v) is 20.4. The lowest BCUT2D eigenvalue weighted by molar-refractivity contribution is -0.158. The molecule has 0 heterocycles. The van der Waals surface area contributed by atoms with Crippen molar-refractivity contribution in [2.75, 3.05) is 14.2 Å². The highest BCUT2D eigenvalue weighted by Crippen LogP contribution is 2.15. The second-order valence-corrected chi connectivity index (χ2v) is 7.94. The van der Waals surface area contributed by atoms with Gasteiger partial charge in [-0.3, -0.25) is 19.2 Å². The van der Waals surface area contributed by atoms with E-state index in [1.807, 2.05) is 0 Å². The molecule has 2 N–H and O–H groups in total. The Hall–Kier alpha value is -2.12. The van der Waals surface area contributed by atoms with Gasteiger partial charge >= 0.3 is 23.9 Å². The highest BCUT2D eigenvalue weighted by atomic mass is 16.5. The first kappa shape index (κ1) is 32.1. The maximum absolute atomic E-state index is 11.1. The van der Waals surface area contributed by atoms with Crippen molar-refractivity contribution in [2.45, 2.75) is 104 Å². The molecule has 0 aliphatic rings. The molecule has 8 nitrogen and oxygen atoms in total. The van der Waals surface area contributed by atoms with Crippen LogP contribution in [0.15, 0.2) is 0 Å². The number of rotatable bonds is 18. The number of esters is 2. The minimum Gasteiger partial charge on any atom is -0.481 e. The molecule has 32 heavy (non-hydrogen) atoms. The van der Waals surface area contributed by atoms with Gasteiger partial charge in [0, 0.05) is 0 Å². The fourth-order valence-electron chi connectivity index (χ4n) is 3.23. The number of hydrogen-bond donors (Lipinski definition) is 2. The first-order valence-electron chi connectivity index (χ1n) is 11.9. The number of carbonyl (C=O) groups excluding carboxylic acids is 2. The van der Waals surface area contributed by atoms with Crippen LogP contribution in [0.3, 0.4) is 0 Å². The van der Waals surface area contributed by atoms with E-state index in [9.17, 15) is 19.2 Å². The molecular formula is C24H44O8. The van der Waals surface area contributed by atoms with Crippen LogP contribution in [0.25, 0.3) is 0 Å². The van der Waals surface area contributed by atoms with Gasteiger partial charge in [0.15, 0.2) is 11.8 Å². The number of unbranched alkanes of at least 4 members (excludes halogenated alkanes) is 10. The molecule has 0 fully saturated rings. The van der Waals surface area contributed by atoms with Crippen molar-refractivity contribution in [1.29, 1.82) is 0 Å². The molecule has 0 aromatic heterocycles. The van der Waals surface area contributed by atoms with Crippen molar-refractivity contribution >= 4 is 23.9 Å². The quantitative estimate of drug-likeness (QED) is 0.162. The number of carboxylic acids is 2. The molecule has 0 saturated carbocycles. The molecule has 188 valence electrons. The Bertz CT molecular complexity index is 472. The lowest BCUT2D eigenvalue weighted by atomic mass is 10.0. The molecule has 8 heteroatoms. The second-order valence-electron chi connectivity index (χ2n) is 7.94. The predicted molar refractivity (Wildman–Crippen MR) is 122 cm³/mol. The summed E-state index contributed by atoms with van der Waals surface area (Å²) in [6, 6.07) is 0. The maximum atomic E-state index is 11.1. The van der Waals surface area contributed by atoms with Crippen LogP contribution in [0.5, 0.6) is 0 Å². The Morgan fingerprint density at radius 2 is 0.844 bits per heavy atom. The highest BCUT2D eigenvalue weighted by molar-refractivity contribution is 5.94. The lowest BCUT2D eigenvalue weighted by Crippen LogP contribution is -2.24. The fraction of sp³-hybridized carbons (Fsp3) is 0.833. The van der Waals surface area contributed by atoms with Crippen LogP contribution < -0.4 is 0 Å². The first-order valence-corrected chi connectivity index (χ1v) is 11.9. The molecule has 0 aromatic rings. The normalized spacial score (nSPS) is 12.1. The number of methoxy groups -OCH3 is 2. The summed E-state index contributed by atoms with van der Waals surface area (Å²) in [4.78, 5) is 43.8. The van der Waals surface area contributed by atoms with E-state index in [4.69, 9.17) is 10.2 Å². The zero-order valence-electron chi connectivity index (χ0n) is 20.4. The molecule has 0 radical (unpaired) electrons. The number of carboxylic acid groups (broad SMARTS) is 2. The Morgan fingerprint density at radius 1 is 0.562 bits per heavy atom. The summed E-state index contributed by atoms with van der Waals surface area (Å²) in [5.41, 5.74) is 0. The number of ether oxygens (including phenoxy) is 2. The average Bonchev–Trinajstić information content (AvgIpc) is 2.77. The minimum atomic E-state index is -1.08. The van der Waals surface area contributed by atoms with Crippen molar-refractivity contribution in [1.82, 2.24) is 0 Å². The summed E-state index contributed by atoms with van der Waals surface area (Å²) in [6.07, 6.45) is 13.7. The average molecular weight is 461 g/mol. The van der Waals surface area contributed by atoms with Gasteiger partial charge in [-0.15, -0.1) is 0 Å². The summed E-state index contributed by atoms with van der Waals surface area (Å²) in [5, 5.41) is 17.6. The second kappa shape index (κ2) is 22.1. The van der Waals surface area contributed by atoms with Gasteiger partial charge in [-0.25, -0.2) is 0 Å². The van der Waals surface area contributed by atoms with E-state index in [1.54, 1.807) is 0 Å². The van der Waals surface area contributed by atoms with Crippen LogP contribution in [-0.2, 0) is 28.7 Å². The monoisotopic (exact) mass is 460 g/mol. The van der Waals surface area contributed by atoms with Gasteiger partial charge in [0.25, 0.3) is 0 Å². The highest BCUT2D eigenvalue weighted by Gasteiger charge is 2.26. The Balaban J connectivity index is 0. The predicted octanol–water partition coefficient (Wildman–Crippen LogP) is 5.22. The number of hydrogen-bond acceptors (Lipinski definition) is 6. The molecule has 0 amide bonds. The van der Waals surface area contributed by atoms with E-state index < -0.39 is 35.7 Å². The summed E-state index contributed by atoms with van der Waals surface area (Å²) in [7, 11) is 2.44. The van der Waals surface area contributed by atoms with Crippen molar-refractivity contribution in [3.63, 3.8) is 0 Å². The van der Waals surface area contributed by atoms with E-state index in [2.05, 4.69) is 23.3 Å². The van der Waals surface area contributed by atoms with E-state index in [0.717, 1.165) is 38.5 Å². The van der Waals surface area contributed by atoms with Crippen LogP contribution in [0.4, 0.5) is 0 Å². The molecule has 2 atom stereocenters. The summed E-state index contributed by atoms with van der Waals surface area (Å²) < 4.78 is 8.90. The van der Waals surface area contributed by atoms with Crippen molar-refractivity contribution in [3.05, 3.63) is 0 Å². The lowest BCUT2D eigenvalue weighted by Gasteiger charge is -2.09. The minimum absolute atomic E-state index is 0.383. The van der Waals surface area contributed by atoms with Crippen LogP contribution in [0.1, 0.15) is 104 Å². The summed E-state index contributed by atoms with van der Waals surface area (Å²) >= 11 is 0. The molecular weight excluding hydrogens is 416 g/mol. The molecule has 0 spiro atoms. The number of carbonyl (C=O) groups is 4. The summed E-state index contributed by atoms with van der Waals surface area (Å²) in [6.45, 7) is 4.30. The van der Waals surface area contributed by atoms with Gasteiger partial charge in [0.05, 0.1) is 14.2 Å². The van der Waals surface area contributed by atoms with Crippen LogP contribution in [-0.4, -0.2) is 48.3 Å². The SMILES string of the molecule is CCCCCCCCC(C(=O)O)C(=O)OC.CCCCCCCCC(C(=O)O)C(=O)OC. The largest absolute Gasteiger partial charge is 0.481 e. The maximum Gasteiger partial charge on any atom is 0.320 e. The Kier molecular flexibility index (Phi) is 22.1. The van der Waals surface area contributed by atoms with Crippen molar-refractivity contribution < 1.29 is 38.9 Å². The zero-order chi connectivity index (χ0) is 24.8. The number of aliphatic carboxylic acids is 2. The smallest absolute Gasteiger partial charge is 0.320 e. The van der Waals surface area contributed by atoms with Gasteiger partial charge in [-0.1, -0.05) is 90.9 Å². The van der Waals surface area contributed by atoms with Gasteiger partial charge < -0.3 is 19.7 Å². The van der Waals surface area contributed by atoms with Crippen molar-refractivity contribution in [2.24, 2.45) is 11.8 Å². The first-order chi connectivity index (χ1) is 15.3. The molecule has 2 unspecified atom stereocenters. The topological polar surface area (TPSA) is 127 Å². The fourth-order valence-corrected chi connectivity index (χ4v) is 3.23. The van der Waals surface area contributed by atoms with E-state index >= 15 is 0 Å². The molecule has 0 bridgehead atoms. The molecule has 0 aromatic carbocycles. The van der Waals surface area contributed by atoms with E-state index in [0.29, 0.717) is 12.8 Å². The van der Waals surface area contributed by atoms with E-state index in [1.165, 1.54) is 52.7 Å². The molecule has 0 aliphatic carbocycles. The standard InChI is InChI=1S/2C12H22O4/c2*1-3-4-5-6-7-8-9-10(11(13)14)12(15)16-2/h2*10H,3-9H2,1-2H3,(H,13,14). The Labute approximate surface area is 193 Å². The third-order valence-electron chi connectivity index (χ3n) is 5.26. The van der Waals surface area contributed by atoms with Crippen LogP contribution in [0.2, 0.25) is 0 Å². The van der Waals surface area contributed by atoms with Crippen molar-refractivity contribution in [3.8, 4) is 0 Å². The van der Waals surface area contributed by atoms with Gasteiger partial charge in [0.2, 0.25) is 0 Å².